The molecule has 0 fully saturated rings. The van der Waals surface area contributed by atoms with Crippen LogP contribution in [0.15, 0.2) is 66.3 Å². The predicted molar refractivity (Wildman–Crippen MR) is 130 cm³/mol. The number of benzene rings is 1. The summed E-state index contributed by atoms with van der Waals surface area (Å²) < 4.78 is 20.9. The summed E-state index contributed by atoms with van der Waals surface area (Å²) in [6.45, 7) is 3.69. The topological polar surface area (TPSA) is 125 Å². The number of unbranched alkanes of at least 4 members (excludes halogenated alkanes) is 1. The molecule has 9 heteroatoms. The lowest BCUT2D eigenvalue weighted by molar-refractivity contribution is -0.169. The summed E-state index contributed by atoms with van der Waals surface area (Å²) in [5, 5.41) is 11.1. The lowest BCUT2D eigenvalue weighted by Crippen LogP contribution is -2.37. The minimum Gasteiger partial charge on any atom is -0.494 e. The highest BCUT2D eigenvalue weighted by molar-refractivity contribution is 6.09. The number of ketones is 1. The molecule has 0 saturated heterocycles. The zero-order chi connectivity index (χ0) is 26.6. The van der Waals surface area contributed by atoms with Crippen LogP contribution in [0.3, 0.4) is 0 Å². The molecule has 2 rings (SSSR count). The van der Waals surface area contributed by atoms with Crippen molar-refractivity contribution >= 4 is 23.7 Å². The van der Waals surface area contributed by atoms with Gasteiger partial charge in [0.2, 0.25) is 0 Å². The quantitative estimate of drug-likeness (QED) is 0.188. The highest BCUT2D eigenvalue weighted by Crippen LogP contribution is 2.31. The molecule has 0 heterocycles. The number of aliphatic hydroxyl groups is 1. The van der Waals surface area contributed by atoms with Crippen molar-refractivity contribution < 1.29 is 43.2 Å². The average molecular weight is 501 g/mol. The van der Waals surface area contributed by atoms with E-state index in [1.165, 1.54) is 51.2 Å². The molecule has 36 heavy (non-hydrogen) atoms. The monoisotopic (exact) mass is 500 g/mol. The molecular weight excluding hydrogens is 468 g/mol. The molecule has 3 unspecified atom stereocenters. The van der Waals surface area contributed by atoms with E-state index >= 15 is 0 Å². The van der Waals surface area contributed by atoms with Gasteiger partial charge in [-0.1, -0.05) is 30.4 Å². The molecule has 0 amide bonds. The van der Waals surface area contributed by atoms with Crippen LogP contribution in [-0.2, 0) is 33.4 Å². The Bertz CT molecular complexity index is 1010. The number of hydrogen-bond acceptors (Lipinski definition) is 9. The van der Waals surface area contributed by atoms with Crippen molar-refractivity contribution in [3.05, 3.63) is 66.3 Å². The number of carbonyl (C=O) groups is 4. The molecule has 1 aromatic carbocycles. The van der Waals surface area contributed by atoms with Crippen LogP contribution in [0.25, 0.3) is 0 Å². The van der Waals surface area contributed by atoms with E-state index in [9.17, 15) is 24.3 Å². The Morgan fingerprint density at radius 2 is 1.69 bits per heavy atom. The fraction of sp³-hybridized carbons (Fsp3) is 0.407. The Morgan fingerprint density at radius 3 is 2.33 bits per heavy atom. The van der Waals surface area contributed by atoms with Gasteiger partial charge in [-0.05, 0) is 49.6 Å². The summed E-state index contributed by atoms with van der Waals surface area (Å²) in [5.41, 5.74) is -1.29. The van der Waals surface area contributed by atoms with E-state index in [-0.39, 0.29) is 18.0 Å². The number of allylic oxidation sites excluding steroid dienone is 3. The SMILES string of the molecule is CC(=O)OCC(OC(C)=O)C(/C=C/C=C1\C(=O)C=CC1(O)CCCCOc1ccccc1)OC(C)=O. The third-order valence-corrected chi connectivity index (χ3v) is 5.21. The molecule has 0 bridgehead atoms. The van der Waals surface area contributed by atoms with Crippen LogP contribution >= 0.6 is 0 Å². The maximum absolute atomic E-state index is 12.4. The molecule has 1 aliphatic rings. The molecule has 0 aromatic heterocycles. The van der Waals surface area contributed by atoms with Gasteiger partial charge in [-0.2, -0.15) is 0 Å². The fourth-order valence-electron chi connectivity index (χ4n) is 3.55. The maximum atomic E-state index is 12.4. The predicted octanol–water partition coefficient (Wildman–Crippen LogP) is 3.01. The molecule has 3 atom stereocenters. The first kappa shape index (κ1) is 28.5. The van der Waals surface area contributed by atoms with E-state index in [1.807, 2.05) is 30.3 Å². The third kappa shape index (κ3) is 9.50. The van der Waals surface area contributed by atoms with E-state index in [0.29, 0.717) is 25.9 Å². The van der Waals surface area contributed by atoms with Gasteiger partial charge < -0.3 is 24.1 Å². The molecule has 0 radical (unpaired) electrons. The fourth-order valence-corrected chi connectivity index (χ4v) is 3.55. The van der Waals surface area contributed by atoms with Crippen molar-refractivity contribution in [2.75, 3.05) is 13.2 Å². The number of rotatable bonds is 13. The van der Waals surface area contributed by atoms with Crippen molar-refractivity contribution in [3.63, 3.8) is 0 Å². The van der Waals surface area contributed by atoms with Crippen LogP contribution in [0.1, 0.15) is 40.0 Å². The van der Waals surface area contributed by atoms with Crippen LogP contribution in [0.5, 0.6) is 5.75 Å². The van der Waals surface area contributed by atoms with Crippen LogP contribution in [0.2, 0.25) is 0 Å². The average Bonchev–Trinajstić information content (AvgIpc) is 3.09. The van der Waals surface area contributed by atoms with Crippen LogP contribution in [-0.4, -0.2) is 59.8 Å². The van der Waals surface area contributed by atoms with Gasteiger partial charge in [-0.3, -0.25) is 19.2 Å². The van der Waals surface area contributed by atoms with Crippen molar-refractivity contribution in [1.29, 1.82) is 0 Å². The van der Waals surface area contributed by atoms with E-state index in [2.05, 4.69) is 0 Å². The van der Waals surface area contributed by atoms with Gasteiger partial charge in [0.1, 0.15) is 18.0 Å². The molecule has 0 saturated carbocycles. The van der Waals surface area contributed by atoms with Gasteiger partial charge in [0, 0.05) is 26.3 Å². The zero-order valence-corrected chi connectivity index (χ0v) is 20.7. The third-order valence-electron chi connectivity index (χ3n) is 5.21. The number of hydrogen-bond donors (Lipinski definition) is 1. The Hall–Kier alpha value is -3.72. The number of ether oxygens (including phenoxy) is 4. The van der Waals surface area contributed by atoms with Crippen molar-refractivity contribution in [3.8, 4) is 5.75 Å². The highest BCUT2D eigenvalue weighted by atomic mass is 16.6. The van der Waals surface area contributed by atoms with Gasteiger partial charge in [-0.25, -0.2) is 0 Å². The Balaban J connectivity index is 2.05. The second-order valence-electron chi connectivity index (χ2n) is 8.23. The first-order valence-corrected chi connectivity index (χ1v) is 11.6. The van der Waals surface area contributed by atoms with Gasteiger partial charge in [0.05, 0.1) is 6.61 Å². The lowest BCUT2D eigenvalue weighted by Gasteiger charge is -2.24. The largest absolute Gasteiger partial charge is 0.494 e. The molecule has 1 N–H and O–H groups in total. The summed E-state index contributed by atoms with van der Waals surface area (Å²) in [6, 6.07) is 9.39. The first-order chi connectivity index (χ1) is 17.1. The molecule has 0 spiro atoms. The Labute approximate surface area is 210 Å². The summed E-state index contributed by atoms with van der Waals surface area (Å²) in [5.74, 6) is -1.48. The van der Waals surface area contributed by atoms with Crippen LogP contribution in [0.4, 0.5) is 0 Å². The second kappa shape index (κ2) is 14.0. The second-order valence-corrected chi connectivity index (χ2v) is 8.23. The van der Waals surface area contributed by atoms with Gasteiger partial charge in [-0.15, -0.1) is 0 Å². The van der Waals surface area contributed by atoms with E-state index in [1.54, 1.807) is 0 Å². The highest BCUT2D eigenvalue weighted by Gasteiger charge is 2.36. The minimum atomic E-state index is -1.45. The molecule has 194 valence electrons. The summed E-state index contributed by atoms with van der Waals surface area (Å²) in [4.78, 5) is 46.7. The Morgan fingerprint density at radius 1 is 1.00 bits per heavy atom. The van der Waals surface area contributed by atoms with Crippen LogP contribution < -0.4 is 4.74 Å². The minimum absolute atomic E-state index is 0.160. The maximum Gasteiger partial charge on any atom is 0.303 e. The van der Waals surface area contributed by atoms with Crippen molar-refractivity contribution in [2.45, 2.75) is 57.8 Å². The normalized spacial score (nSPS) is 19.8. The summed E-state index contributed by atoms with van der Waals surface area (Å²) in [6.07, 6.45) is 6.43. The van der Waals surface area contributed by atoms with E-state index < -0.39 is 35.7 Å². The molecule has 0 aliphatic heterocycles. The molecule has 9 nitrogen and oxygen atoms in total. The van der Waals surface area contributed by atoms with Gasteiger partial charge >= 0.3 is 17.9 Å². The van der Waals surface area contributed by atoms with Gasteiger partial charge in [0.15, 0.2) is 18.0 Å². The molecular formula is C27H32O9. The van der Waals surface area contributed by atoms with Crippen molar-refractivity contribution in [1.82, 2.24) is 0 Å². The standard InChI is InChI=1S/C27H32O9/c1-19(28)34-18-26(36-21(3)30)25(35-20(2)29)13-9-12-23-24(31)14-16-27(23,32)15-7-8-17-33-22-10-5-4-6-11-22/h4-6,9-14,16,25-26,32H,7-8,15,17-18H2,1-3H3/b13-9+,23-12+. The number of carbonyl (C=O) groups excluding carboxylic acids is 4. The van der Waals surface area contributed by atoms with Gasteiger partial charge in [0.25, 0.3) is 0 Å². The molecule has 1 aromatic rings. The summed E-state index contributed by atoms with van der Waals surface area (Å²) in [7, 11) is 0. The van der Waals surface area contributed by atoms with Crippen molar-refractivity contribution in [2.24, 2.45) is 0 Å². The smallest absolute Gasteiger partial charge is 0.303 e. The van der Waals surface area contributed by atoms with E-state index in [4.69, 9.17) is 18.9 Å². The number of esters is 3. The first-order valence-electron chi connectivity index (χ1n) is 11.6. The lowest BCUT2D eigenvalue weighted by atomic mass is 9.90. The molecule has 1 aliphatic carbocycles. The van der Waals surface area contributed by atoms with Crippen LogP contribution in [0, 0.1) is 0 Å². The summed E-state index contributed by atoms with van der Waals surface area (Å²) >= 11 is 0. The zero-order valence-electron chi connectivity index (χ0n) is 20.7. The Kier molecular flexibility index (Phi) is 11.1. The number of para-hydroxylation sites is 1. The van der Waals surface area contributed by atoms with E-state index in [0.717, 1.165) is 5.75 Å².